The third kappa shape index (κ3) is 4.08. The van der Waals surface area contributed by atoms with Crippen molar-refractivity contribution < 1.29 is 0 Å². The van der Waals surface area contributed by atoms with Gasteiger partial charge in [0, 0.05) is 17.2 Å². The lowest BCUT2D eigenvalue weighted by molar-refractivity contribution is 0.524. The highest BCUT2D eigenvalue weighted by Gasteiger charge is 2.30. The van der Waals surface area contributed by atoms with Gasteiger partial charge in [-0.05, 0) is 30.4 Å². The Kier molecular flexibility index (Phi) is 6.76. The molecule has 0 saturated carbocycles. The zero-order valence-corrected chi connectivity index (χ0v) is 12.8. The van der Waals surface area contributed by atoms with Crippen LogP contribution < -0.4 is 0 Å². The first kappa shape index (κ1) is 15.2. The van der Waals surface area contributed by atoms with Crippen LogP contribution in [0.15, 0.2) is 24.3 Å². The summed E-state index contributed by atoms with van der Waals surface area (Å²) in [6.07, 6.45) is 1.04. The summed E-state index contributed by atoms with van der Waals surface area (Å²) in [6, 6.07) is 8.60. The molecule has 0 bridgehead atoms. The van der Waals surface area contributed by atoms with Crippen LogP contribution in [0.1, 0.15) is 24.5 Å². The number of halogens is 2. The van der Waals surface area contributed by atoms with E-state index >= 15 is 0 Å². The lowest BCUT2D eigenvalue weighted by Crippen LogP contribution is -2.31. The third-order valence-electron chi connectivity index (χ3n) is 3.10. The number of rotatable bonds is 7. The Morgan fingerprint density at radius 1 is 1.12 bits per heavy atom. The van der Waals surface area contributed by atoms with Gasteiger partial charge in [0.2, 0.25) is 0 Å². The molecule has 0 aliphatic heterocycles. The van der Waals surface area contributed by atoms with Gasteiger partial charge in [-0.15, -0.1) is 23.2 Å². The van der Waals surface area contributed by atoms with Gasteiger partial charge in [0.1, 0.15) is 0 Å². The maximum atomic E-state index is 6.18. The molecule has 0 fully saturated rings. The van der Waals surface area contributed by atoms with Crippen LogP contribution in [-0.2, 0) is 5.41 Å². The zero-order valence-electron chi connectivity index (χ0n) is 10.5. The largest absolute Gasteiger partial charge is 0.162 e. The summed E-state index contributed by atoms with van der Waals surface area (Å²) >= 11 is 14.3. The maximum Gasteiger partial charge on any atom is 0.0332 e. The maximum absolute atomic E-state index is 6.18. The van der Waals surface area contributed by atoms with Gasteiger partial charge in [0.25, 0.3) is 0 Å². The van der Waals surface area contributed by atoms with Crippen LogP contribution in [0.3, 0.4) is 0 Å². The molecule has 0 spiro atoms. The summed E-state index contributed by atoms with van der Waals surface area (Å²) in [5.74, 6) is 3.44. The van der Waals surface area contributed by atoms with E-state index in [-0.39, 0.29) is 5.41 Å². The van der Waals surface area contributed by atoms with Gasteiger partial charge in [-0.25, -0.2) is 0 Å². The molecule has 0 heterocycles. The van der Waals surface area contributed by atoms with E-state index in [1.807, 2.05) is 11.8 Å². The average molecular weight is 291 g/mol. The molecular formula is C14H20Cl2S. The summed E-state index contributed by atoms with van der Waals surface area (Å²) in [4.78, 5) is 0. The fourth-order valence-electron chi connectivity index (χ4n) is 1.79. The molecule has 1 aromatic rings. The predicted molar refractivity (Wildman–Crippen MR) is 81.9 cm³/mol. The lowest BCUT2D eigenvalue weighted by atomic mass is 9.81. The van der Waals surface area contributed by atoms with Crippen molar-refractivity contribution >= 4 is 35.0 Å². The molecule has 17 heavy (non-hydrogen) atoms. The molecule has 0 nitrogen and oxygen atoms in total. The molecule has 1 aromatic carbocycles. The highest BCUT2D eigenvalue weighted by Crippen LogP contribution is 2.32. The van der Waals surface area contributed by atoms with Crippen LogP contribution in [0.4, 0.5) is 0 Å². The minimum atomic E-state index is -0.0705. The summed E-state index contributed by atoms with van der Waals surface area (Å²) in [5, 5.41) is 0. The van der Waals surface area contributed by atoms with Gasteiger partial charge in [0.05, 0.1) is 0 Å². The lowest BCUT2D eigenvalue weighted by Gasteiger charge is -2.30. The number of thioether (sulfide) groups is 1. The number of aryl methyl sites for hydroxylation is 1. The van der Waals surface area contributed by atoms with Crippen molar-refractivity contribution in [3.63, 3.8) is 0 Å². The van der Waals surface area contributed by atoms with Crippen molar-refractivity contribution in [2.75, 3.05) is 23.3 Å². The van der Waals surface area contributed by atoms with Crippen LogP contribution >= 0.6 is 35.0 Å². The Bertz CT molecular complexity index is 317. The van der Waals surface area contributed by atoms with Gasteiger partial charge >= 0.3 is 0 Å². The van der Waals surface area contributed by atoms with Crippen LogP contribution in [0.5, 0.6) is 0 Å². The fraction of sp³-hybridized carbons (Fsp3) is 0.571. The van der Waals surface area contributed by atoms with E-state index in [1.165, 1.54) is 11.1 Å². The van der Waals surface area contributed by atoms with Crippen molar-refractivity contribution in [1.82, 2.24) is 0 Å². The van der Waals surface area contributed by atoms with E-state index in [0.717, 1.165) is 17.9 Å². The van der Waals surface area contributed by atoms with Crippen LogP contribution in [0, 0.1) is 6.92 Å². The van der Waals surface area contributed by atoms with Crippen molar-refractivity contribution in [3.05, 3.63) is 35.4 Å². The first-order valence-electron chi connectivity index (χ1n) is 5.95. The van der Waals surface area contributed by atoms with E-state index in [9.17, 15) is 0 Å². The number of hydrogen-bond acceptors (Lipinski definition) is 1. The van der Waals surface area contributed by atoms with Crippen LogP contribution in [-0.4, -0.2) is 23.3 Å². The van der Waals surface area contributed by atoms with E-state index in [4.69, 9.17) is 23.2 Å². The molecule has 0 aliphatic carbocycles. The molecule has 3 heteroatoms. The molecule has 0 radical (unpaired) electrons. The molecule has 0 aliphatic rings. The molecule has 0 saturated heterocycles. The SMILES string of the molecule is CCSCCC(CCl)(CCl)c1ccc(C)cc1. The first-order valence-corrected chi connectivity index (χ1v) is 8.17. The minimum absolute atomic E-state index is 0.0705. The predicted octanol–water partition coefficient (Wildman–Crippen LogP) is 4.85. The summed E-state index contributed by atoms with van der Waals surface area (Å²) < 4.78 is 0. The van der Waals surface area contributed by atoms with Crippen molar-refractivity contribution in [2.24, 2.45) is 0 Å². The highest BCUT2D eigenvalue weighted by molar-refractivity contribution is 7.99. The second-order valence-corrected chi connectivity index (χ2v) is 6.29. The van der Waals surface area contributed by atoms with Gasteiger partial charge < -0.3 is 0 Å². The summed E-state index contributed by atoms with van der Waals surface area (Å²) in [7, 11) is 0. The van der Waals surface area contributed by atoms with Crippen molar-refractivity contribution in [2.45, 2.75) is 25.7 Å². The van der Waals surface area contributed by atoms with Gasteiger partial charge in [-0.2, -0.15) is 11.8 Å². The smallest absolute Gasteiger partial charge is 0.0332 e. The van der Waals surface area contributed by atoms with Crippen molar-refractivity contribution in [1.29, 1.82) is 0 Å². The second-order valence-electron chi connectivity index (χ2n) is 4.36. The highest BCUT2D eigenvalue weighted by atomic mass is 35.5. The minimum Gasteiger partial charge on any atom is -0.162 e. The Balaban J connectivity index is 2.85. The topological polar surface area (TPSA) is 0 Å². The quantitative estimate of drug-likeness (QED) is 0.511. The Hall–Kier alpha value is 0.150. The molecule has 0 atom stereocenters. The molecule has 0 aromatic heterocycles. The van der Waals surface area contributed by atoms with Gasteiger partial charge in [-0.1, -0.05) is 36.8 Å². The van der Waals surface area contributed by atoms with E-state index in [2.05, 4.69) is 38.1 Å². The molecule has 96 valence electrons. The average Bonchev–Trinajstić information content (AvgIpc) is 2.37. The fourth-order valence-corrected chi connectivity index (χ4v) is 3.47. The zero-order chi connectivity index (χ0) is 12.7. The van der Waals surface area contributed by atoms with Crippen LogP contribution in [0.25, 0.3) is 0 Å². The molecule has 1 rings (SSSR count). The van der Waals surface area contributed by atoms with Crippen LogP contribution in [0.2, 0.25) is 0 Å². The number of alkyl halides is 2. The number of hydrogen-bond donors (Lipinski definition) is 0. The third-order valence-corrected chi connectivity index (χ3v) is 5.03. The standard InChI is InChI=1S/C14H20Cl2S/c1-3-17-9-8-14(10-15,11-16)13-6-4-12(2)5-7-13/h4-7H,3,8-11H2,1-2H3. The monoisotopic (exact) mass is 290 g/mol. The number of benzene rings is 1. The Labute approximate surface area is 119 Å². The van der Waals surface area contributed by atoms with Crippen molar-refractivity contribution in [3.8, 4) is 0 Å². The Morgan fingerprint density at radius 2 is 1.71 bits per heavy atom. The first-order chi connectivity index (χ1) is 8.18. The van der Waals surface area contributed by atoms with E-state index < -0.39 is 0 Å². The summed E-state index contributed by atoms with van der Waals surface area (Å²) in [6.45, 7) is 4.28. The van der Waals surface area contributed by atoms with E-state index in [0.29, 0.717) is 11.8 Å². The normalized spacial score (nSPS) is 11.8. The molecule has 0 N–H and O–H groups in total. The second kappa shape index (κ2) is 7.56. The Morgan fingerprint density at radius 3 is 2.18 bits per heavy atom. The summed E-state index contributed by atoms with van der Waals surface area (Å²) in [5.41, 5.74) is 2.47. The van der Waals surface area contributed by atoms with Gasteiger partial charge in [-0.3, -0.25) is 0 Å². The molecule has 0 unspecified atom stereocenters. The van der Waals surface area contributed by atoms with E-state index in [1.54, 1.807) is 0 Å². The molecule has 0 amide bonds. The molecular weight excluding hydrogens is 271 g/mol. The van der Waals surface area contributed by atoms with Gasteiger partial charge in [0.15, 0.2) is 0 Å².